The van der Waals surface area contributed by atoms with E-state index in [1.165, 1.54) is 5.56 Å². The van der Waals surface area contributed by atoms with Gasteiger partial charge in [0.05, 0.1) is 19.8 Å². The second-order valence-corrected chi connectivity index (χ2v) is 6.24. The molecule has 2 heterocycles. The van der Waals surface area contributed by atoms with Crippen LogP contribution >= 0.6 is 15.9 Å². The Hall–Kier alpha value is -0.780. The van der Waals surface area contributed by atoms with Gasteiger partial charge in [-0.3, -0.25) is 4.90 Å². The molecule has 0 amide bonds. The maximum Gasteiger partial charge on any atom is 0.162 e. The molecule has 1 atom stereocenters. The Kier molecular flexibility index (Phi) is 4.48. The van der Waals surface area contributed by atoms with E-state index in [1.807, 2.05) is 6.07 Å². The number of aliphatic hydroxyl groups is 1. The van der Waals surface area contributed by atoms with Crippen LogP contribution in [-0.4, -0.2) is 42.4 Å². The molecule has 1 fully saturated rings. The SMILES string of the molecule is OCC1CCCN1Cc1cc2c(cc1Br)OCCCO2. The quantitative estimate of drug-likeness (QED) is 0.917. The number of aliphatic hydroxyl groups excluding tert-OH is 1. The number of halogens is 1. The molecule has 1 aromatic rings. The lowest BCUT2D eigenvalue weighted by Crippen LogP contribution is -2.31. The van der Waals surface area contributed by atoms with Gasteiger partial charge in [0.25, 0.3) is 0 Å². The third-order valence-corrected chi connectivity index (χ3v) is 4.74. The van der Waals surface area contributed by atoms with Gasteiger partial charge < -0.3 is 14.6 Å². The molecule has 110 valence electrons. The van der Waals surface area contributed by atoms with Crippen LogP contribution in [0.25, 0.3) is 0 Å². The van der Waals surface area contributed by atoms with Crippen LogP contribution in [0.3, 0.4) is 0 Å². The first kappa shape index (κ1) is 14.2. The number of fused-ring (bicyclic) bond motifs is 1. The van der Waals surface area contributed by atoms with Crippen LogP contribution in [0.2, 0.25) is 0 Å². The summed E-state index contributed by atoms with van der Waals surface area (Å²) < 4.78 is 12.5. The standard InChI is InChI=1S/C15H20BrNO3/c16-13-8-15-14(19-5-2-6-20-15)7-11(13)9-17-4-1-3-12(17)10-18/h7-8,12,18H,1-6,9-10H2. The Labute approximate surface area is 127 Å². The average Bonchev–Trinajstić information content (AvgIpc) is 2.77. The summed E-state index contributed by atoms with van der Waals surface area (Å²) in [4.78, 5) is 2.34. The van der Waals surface area contributed by atoms with Crippen molar-refractivity contribution in [1.29, 1.82) is 0 Å². The van der Waals surface area contributed by atoms with E-state index in [0.29, 0.717) is 13.2 Å². The lowest BCUT2D eigenvalue weighted by atomic mass is 10.1. The van der Waals surface area contributed by atoms with Crippen LogP contribution in [0.1, 0.15) is 24.8 Å². The number of likely N-dealkylation sites (tertiary alicyclic amines) is 1. The topological polar surface area (TPSA) is 41.9 Å². The van der Waals surface area contributed by atoms with Gasteiger partial charge in [0.1, 0.15) is 0 Å². The number of benzene rings is 1. The van der Waals surface area contributed by atoms with Crippen molar-refractivity contribution in [1.82, 2.24) is 4.90 Å². The van der Waals surface area contributed by atoms with Gasteiger partial charge in [-0.05, 0) is 37.1 Å². The van der Waals surface area contributed by atoms with Gasteiger partial charge in [0.2, 0.25) is 0 Å². The summed E-state index contributed by atoms with van der Waals surface area (Å²) >= 11 is 3.63. The number of ether oxygens (including phenoxy) is 2. The molecule has 1 N–H and O–H groups in total. The minimum atomic E-state index is 0.238. The summed E-state index contributed by atoms with van der Waals surface area (Å²) in [7, 11) is 0. The van der Waals surface area contributed by atoms with Crippen molar-refractivity contribution in [2.24, 2.45) is 0 Å². The molecule has 2 aliphatic rings. The fourth-order valence-corrected chi connectivity index (χ4v) is 3.32. The second-order valence-electron chi connectivity index (χ2n) is 5.39. The van der Waals surface area contributed by atoms with E-state index >= 15 is 0 Å². The first-order valence-electron chi connectivity index (χ1n) is 7.21. The third kappa shape index (κ3) is 2.95. The highest BCUT2D eigenvalue weighted by molar-refractivity contribution is 9.10. The highest BCUT2D eigenvalue weighted by atomic mass is 79.9. The van der Waals surface area contributed by atoms with E-state index in [2.05, 4.69) is 26.9 Å². The van der Waals surface area contributed by atoms with Gasteiger partial charge in [-0.1, -0.05) is 15.9 Å². The number of nitrogens with zero attached hydrogens (tertiary/aromatic N) is 1. The fourth-order valence-electron chi connectivity index (χ4n) is 2.88. The third-order valence-electron chi connectivity index (χ3n) is 4.00. The van der Waals surface area contributed by atoms with Crippen LogP contribution in [0.4, 0.5) is 0 Å². The van der Waals surface area contributed by atoms with Crippen molar-refractivity contribution in [3.8, 4) is 11.5 Å². The van der Waals surface area contributed by atoms with Crippen molar-refractivity contribution < 1.29 is 14.6 Å². The van der Waals surface area contributed by atoms with Crippen LogP contribution in [0.15, 0.2) is 16.6 Å². The molecule has 0 aliphatic carbocycles. The largest absolute Gasteiger partial charge is 0.490 e. The van der Waals surface area contributed by atoms with Crippen molar-refractivity contribution in [2.45, 2.75) is 31.8 Å². The van der Waals surface area contributed by atoms with Crippen molar-refractivity contribution in [3.63, 3.8) is 0 Å². The fraction of sp³-hybridized carbons (Fsp3) is 0.600. The summed E-state index contributed by atoms with van der Waals surface area (Å²) in [6.07, 6.45) is 3.16. The molecule has 1 unspecified atom stereocenters. The van der Waals surface area contributed by atoms with Gasteiger partial charge in [0, 0.05) is 23.5 Å². The van der Waals surface area contributed by atoms with Crippen molar-refractivity contribution in [3.05, 3.63) is 22.2 Å². The molecule has 3 rings (SSSR count). The molecule has 0 spiro atoms. The second kappa shape index (κ2) is 6.33. The molecule has 0 saturated carbocycles. The van der Waals surface area contributed by atoms with Gasteiger partial charge in [0.15, 0.2) is 11.5 Å². The van der Waals surface area contributed by atoms with E-state index in [9.17, 15) is 5.11 Å². The van der Waals surface area contributed by atoms with E-state index in [4.69, 9.17) is 9.47 Å². The molecule has 1 saturated heterocycles. The molecule has 2 aliphatic heterocycles. The highest BCUT2D eigenvalue weighted by Crippen LogP contribution is 2.36. The molecule has 5 heteroatoms. The lowest BCUT2D eigenvalue weighted by Gasteiger charge is -2.23. The molecule has 4 nitrogen and oxygen atoms in total. The molecular weight excluding hydrogens is 322 g/mol. The summed E-state index contributed by atoms with van der Waals surface area (Å²) in [5.41, 5.74) is 1.19. The Morgan fingerprint density at radius 1 is 1.20 bits per heavy atom. The first-order valence-corrected chi connectivity index (χ1v) is 8.00. The summed E-state index contributed by atoms with van der Waals surface area (Å²) in [5.74, 6) is 1.65. The number of rotatable bonds is 3. The average molecular weight is 342 g/mol. The van der Waals surface area contributed by atoms with Gasteiger partial charge in [-0.25, -0.2) is 0 Å². The molecule has 0 aromatic heterocycles. The van der Waals surface area contributed by atoms with E-state index < -0.39 is 0 Å². The molecule has 0 bridgehead atoms. The Morgan fingerprint density at radius 3 is 2.70 bits per heavy atom. The zero-order valence-electron chi connectivity index (χ0n) is 11.5. The van der Waals surface area contributed by atoms with Gasteiger partial charge >= 0.3 is 0 Å². The smallest absolute Gasteiger partial charge is 0.162 e. The first-order chi connectivity index (χ1) is 9.78. The van der Waals surface area contributed by atoms with Crippen LogP contribution in [0, 0.1) is 0 Å². The summed E-state index contributed by atoms with van der Waals surface area (Å²) in [5, 5.41) is 9.41. The van der Waals surface area contributed by atoms with E-state index in [1.54, 1.807) is 0 Å². The highest BCUT2D eigenvalue weighted by Gasteiger charge is 2.25. The normalized spacial score (nSPS) is 22.8. The number of hydrogen-bond donors (Lipinski definition) is 1. The predicted octanol–water partition coefficient (Wildman–Crippen LogP) is 2.57. The molecule has 0 radical (unpaired) electrons. The van der Waals surface area contributed by atoms with Crippen LogP contribution < -0.4 is 9.47 Å². The number of hydrogen-bond acceptors (Lipinski definition) is 4. The van der Waals surface area contributed by atoms with Gasteiger partial charge in [-0.2, -0.15) is 0 Å². The maximum absolute atomic E-state index is 9.41. The van der Waals surface area contributed by atoms with E-state index in [-0.39, 0.29) is 12.6 Å². The van der Waals surface area contributed by atoms with Crippen LogP contribution in [0.5, 0.6) is 11.5 Å². The van der Waals surface area contributed by atoms with E-state index in [0.717, 1.165) is 48.3 Å². The minimum absolute atomic E-state index is 0.238. The summed E-state index contributed by atoms with van der Waals surface area (Å²) in [6.45, 7) is 3.53. The molecule has 1 aromatic carbocycles. The Bertz CT molecular complexity index is 480. The Morgan fingerprint density at radius 2 is 1.95 bits per heavy atom. The zero-order chi connectivity index (χ0) is 13.9. The molecular formula is C15H20BrNO3. The van der Waals surface area contributed by atoms with Crippen LogP contribution in [-0.2, 0) is 6.54 Å². The predicted molar refractivity (Wildman–Crippen MR) is 80.3 cm³/mol. The Balaban J connectivity index is 1.81. The lowest BCUT2D eigenvalue weighted by molar-refractivity contribution is 0.153. The monoisotopic (exact) mass is 341 g/mol. The molecule has 20 heavy (non-hydrogen) atoms. The zero-order valence-corrected chi connectivity index (χ0v) is 13.1. The van der Waals surface area contributed by atoms with Crippen molar-refractivity contribution in [2.75, 3.05) is 26.4 Å². The van der Waals surface area contributed by atoms with Gasteiger partial charge in [-0.15, -0.1) is 0 Å². The van der Waals surface area contributed by atoms with Crippen molar-refractivity contribution >= 4 is 15.9 Å². The summed E-state index contributed by atoms with van der Waals surface area (Å²) in [6, 6.07) is 4.36. The maximum atomic E-state index is 9.41. The minimum Gasteiger partial charge on any atom is -0.490 e.